The normalized spacial score (nSPS) is 17.2. The Hall–Kier alpha value is -1.73. The molecule has 1 unspecified atom stereocenters. The van der Waals surface area contributed by atoms with E-state index in [-0.39, 0.29) is 5.92 Å². The Kier molecular flexibility index (Phi) is 2.27. The van der Waals surface area contributed by atoms with Gasteiger partial charge in [-0.3, -0.25) is 4.40 Å². The molecule has 0 saturated heterocycles. The quantitative estimate of drug-likeness (QED) is 0.793. The second-order valence-electron chi connectivity index (χ2n) is 4.84. The number of thiazole rings is 1. The third kappa shape index (κ3) is 1.69. The molecule has 6 nitrogen and oxygen atoms in total. The van der Waals surface area contributed by atoms with E-state index in [1.807, 2.05) is 22.9 Å². The van der Waals surface area contributed by atoms with E-state index < -0.39 is 6.10 Å². The van der Waals surface area contributed by atoms with Crippen LogP contribution >= 0.6 is 11.3 Å². The van der Waals surface area contributed by atoms with Gasteiger partial charge in [-0.1, -0.05) is 5.16 Å². The predicted octanol–water partition coefficient (Wildman–Crippen LogP) is 2.20. The first-order valence-corrected chi connectivity index (χ1v) is 7.06. The molecule has 3 heterocycles. The molecule has 7 heteroatoms. The largest absolute Gasteiger partial charge is 0.383 e. The van der Waals surface area contributed by atoms with Gasteiger partial charge in [0.25, 0.3) is 5.89 Å². The highest BCUT2D eigenvalue weighted by Gasteiger charge is 2.35. The highest BCUT2D eigenvalue weighted by atomic mass is 32.1. The molecule has 0 aromatic carbocycles. The summed E-state index contributed by atoms with van der Waals surface area (Å²) >= 11 is 1.56. The Morgan fingerprint density at radius 1 is 1.47 bits per heavy atom. The second-order valence-corrected chi connectivity index (χ2v) is 5.71. The van der Waals surface area contributed by atoms with Crippen molar-refractivity contribution in [3.63, 3.8) is 0 Å². The van der Waals surface area contributed by atoms with Crippen LogP contribution in [0.15, 0.2) is 16.1 Å². The molecule has 3 aromatic heterocycles. The number of hydrogen-bond donors (Lipinski definition) is 1. The van der Waals surface area contributed by atoms with Crippen LogP contribution in [0.3, 0.4) is 0 Å². The van der Waals surface area contributed by atoms with Gasteiger partial charge >= 0.3 is 0 Å². The van der Waals surface area contributed by atoms with Crippen LogP contribution in [-0.2, 0) is 0 Å². The van der Waals surface area contributed by atoms with E-state index >= 15 is 0 Å². The van der Waals surface area contributed by atoms with Gasteiger partial charge < -0.3 is 9.63 Å². The third-order valence-electron chi connectivity index (χ3n) is 3.41. The molecule has 1 fully saturated rings. The maximum atomic E-state index is 10.00. The van der Waals surface area contributed by atoms with Crippen LogP contribution in [0, 0.1) is 12.8 Å². The lowest BCUT2D eigenvalue weighted by Crippen LogP contribution is -1.99. The minimum Gasteiger partial charge on any atom is -0.383 e. The van der Waals surface area contributed by atoms with Crippen molar-refractivity contribution in [3.05, 3.63) is 23.2 Å². The fourth-order valence-corrected chi connectivity index (χ4v) is 2.99. The number of imidazole rings is 1. The highest BCUT2D eigenvalue weighted by molar-refractivity contribution is 7.15. The Labute approximate surface area is 112 Å². The first-order chi connectivity index (χ1) is 9.24. The first-order valence-electron chi connectivity index (χ1n) is 6.18. The van der Waals surface area contributed by atoms with Crippen molar-refractivity contribution in [2.75, 3.05) is 0 Å². The van der Waals surface area contributed by atoms with Gasteiger partial charge in [0.2, 0.25) is 5.82 Å². The minimum atomic E-state index is -0.632. The van der Waals surface area contributed by atoms with E-state index in [4.69, 9.17) is 4.52 Å². The van der Waals surface area contributed by atoms with Gasteiger partial charge in [0.05, 0.1) is 5.69 Å². The van der Waals surface area contributed by atoms with Crippen LogP contribution < -0.4 is 0 Å². The minimum absolute atomic E-state index is 0.279. The van der Waals surface area contributed by atoms with E-state index in [9.17, 15) is 5.11 Å². The predicted molar refractivity (Wildman–Crippen MR) is 68.8 cm³/mol. The molecule has 0 spiro atoms. The van der Waals surface area contributed by atoms with Crippen LogP contribution in [-0.4, -0.2) is 24.6 Å². The van der Waals surface area contributed by atoms with E-state index in [1.54, 1.807) is 11.3 Å². The Morgan fingerprint density at radius 3 is 3.11 bits per heavy atom. The van der Waals surface area contributed by atoms with Crippen molar-refractivity contribution in [1.29, 1.82) is 0 Å². The third-order valence-corrected chi connectivity index (χ3v) is 4.17. The number of hydrogen-bond acceptors (Lipinski definition) is 6. The van der Waals surface area contributed by atoms with Crippen LogP contribution in [0.5, 0.6) is 0 Å². The summed E-state index contributed by atoms with van der Waals surface area (Å²) in [5.41, 5.74) is 1.69. The van der Waals surface area contributed by atoms with Crippen LogP contribution in [0.4, 0.5) is 0 Å². The van der Waals surface area contributed by atoms with E-state index in [0.29, 0.717) is 11.7 Å². The summed E-state index contributed by atoms with van der Waals surface area (Å²) < 4.78 is 7.13. The average molecular weight is 276 g/mol. The van der Waals surface area contributed by atoms with Crippen molar-refractivity contribution in [2.24, 2.45) is 5.92 Å². The summed E-state index contributed by atoms with van der Waals surface area (Å²) in [4.78, 5) is 9.67. The van der Waals surface area contributed by atoms with Gasteiger partial charge in [0.1, 0.15) is 11.8 Å². The number of aromatic nitrogens is 4. The fourth-order valence-electron chi connectivity index (χ4n) is 2.23. The molecule has 1 aliphatic carbocycles. The van der Waals surface area contributed by atoms with Gasteiger partial charge in [0.15, 0.2) is 4.96 Å². The molecule has 19 heavy (non-hydrogen) atoms. The van der Waals surface area contributed by atoms with Gasteiger partial charge in [-0.15, -0.1) is 11.3 Å². The monoisotopic (exact) mass is 276 g/mol. The molecule has 0 bridgehead atoms. The molecule has 1 N–H and O–H groups in total. The van der Waals surface area contributed by atoms with Gasteiger partial charge in [0, 0.05) is 11.6 Å². The van der Waals surface area contributed by atoms with Gasteiger partial charge in [-0.25, -0.2) is 4.98 Å². The summed E-state index contributed by atoms with van der Waals surface area (Å²) in [6, 6.07) is 0. The average Bonchev–Trinajstić information content (AvgIpc) is 2.81. The molecule has 3 aromatic rings. The number of rotatable bonds is 3. The fraction of sp³-hybridized carbons (Fsp3) is 0.417. The van der Waals surface area contributed by atoms with Crippen molar-refractivity contribution in [2.45, 2.75) is 25.9 Å². The second kappa shape index (κ2) is 3.88. The molecular weight excluding hydrogens is 264 g/mol. The molecule has 0 amide bonds. The summed E-state index contributed by atoms with van der Waals surface area (Å²) in [5, 5.41) is 15.9. The molecule has 1 atom stereocenters. The van der Waals surface area contributed by atoms with Crippen LogP contribution in [0.1, 0.15) is 30.5 Å². The lowest BCUT2D eigenvalue weighted by Gasteiger charge is -2.00. The Bertz CT molecular complexity index is 740. The van der Waals surface area contributed by atoms with E-state index in [1.165, 1.54) is 0 Å². The number of nitrogens with zero attached hydrogens (tertiary/aromatic N) is 4. The van der Waals surface area contributed by atoms with E-state index in [2.05, 4.69) is 15.1 Å². The molecule has 4 rings (SSSR count). The summed E-state index contributed by atoms with van der Waals surface area (Å²) in [7, 11) is 0. The van der Waals surface area contributed by atoms with Crippen LogP contribution in [0.25, 0.3) is 16.5 Å². The Balaban J connectivity index is 1.79. The smallest absolute Gasteiger partial charge is 0.256 e. The summed E-state index contributed by atoms with van der Waals surface area (Å²) in [6.45, 7) is 1.92. The maximum absolute atomic E-state index is 10.00. The lowest BCUT2D eigenvalue weighted by atomic mass is 10.2. The topological polar surface area (TPSA) is 76.5 Å². The zero-order chi connectivity index (χ0) is 13.0. The SMILES string of the molecule is Cc1nc2sccn2c1-c1noc(C(O)C2CC2)n1. The van der Waals surface area contributed by atoms with Crippen molar-refractivity contribution in [3.8, 4) is 11.5 Å². The van der Waals surface area contributed by atoms with Crippen LogP contribution in [0.2, 0.25) is 0 Å². The van der Waals surface area contributed by atoms with Crippen molar-refractivity contribution in [1.82, 2.24) is 19.5 Å². The van der Waals surface area contributed by atoms with Gasteiger partial charge in [-0.05, 0) is 25.7 Å². The molecule has 0 radical (unpaired) electrons. The van der Waals surface area contributed by atoms with E-state index in [0.717, 1.165) is 29.2 Å². The highest BCUT2D eigenvalue weighted by Crippen LogP contribution is 2.40. The zero-order valence-electron chi connectivity index (χ0n) is 10.3. The number of aliphatic hydroxyl groups excluding tert-OH is 1. The Morgan fingerprint density at radius 2 is 2.32 bits per heavy atom. The number of aliphatic hydroxyl groups is 1. The summed E-state index contributed by atoms with van der Waals surface area (Å²) in [5.74, 6) is 1.07. The molecular formula is C12H12N4O2S. The zero-order valence-corrected chi connectivity index (χ0v) is 11.1. The van der Waals surface area contributed by atoms with Crippen molar-refractivity contribution < 1.29 is 9.63 Å². The maximum Gasteiger partial charge on any atom is 0.256 e. The molecule has 1 aliphatic rings. The number of aryl methyl sites for hydroxylation is 1. The first kappa shape index (κ1) is 11.1. The number of fused-ring (bicyclic) bond motifs is 1. The lowest BCUT2D eigenvalue weighted by molar-refractivity contribution is 0.112. The standard InChI is InChI=1S/C12H12N4O2S/c1-6-8(16-4-5-19-12(16)13-6)10-14-11(18-15-10)9(17)7-2-3-7/h4-5,7,9,17H,2-3H2,1H3. The van der Waals surface area contributed by atoms with Crippen molar-refractivity contribution >= 4 is 16.3 Å². The summed E-state index contributed by atoms with van der Waals surface area (Å²) in [6.07, 6.45) is 3.36. The molecule has 0 aliphatic heterocycles. The van der Waals surface area contributed by atoms with Gasteiger partial charge in [-0.2, -0.15) is 4.98 Å². The molecule has 98 valence electrons. The molecule has 1 saturated carbocycles.